The van der Waals surface area contributed by atoms with Crippen LogP contribution in [0.2, 0.25) is 0 Å². The number of amidine groups is 2. The van der Waals surface area contributed by atoms with Crippen molar-refractivity contribution in [3.8, 4) is 0 Å². The van der Waals surface area contributed by atoms with Crippen molar-refractivity contribution >= 4 is 23.8 Å². The van der Waals surface area contributed by atoms with E-state index in [-0.39, 0.29) is 0 Å². The lowest BCUT2D eigenvalue weighted by Crippen LogP contribution is -2.22. The summed E-state index contributed by atoms with van der Waals surface area (Å²) in [6.07, 6.45) is 13.7. The summed E-state index contributed by atoms with van der Waals surface area (Å²) in [5, 5.41) is 3.39. The van der Waals surface area contributed by atoms with E-state index in [1.807, 2.05) is 14.1 Å². The van der Waals surface area contributed by atoms with Crippen molar-refractivity contribution in [1.82, 2.24) is 5.32 Å². The van der Waals surface area contributed by atoms with Gasteiger partial charge in [-0.3, -0.25) is 9.98 Å². The molecule has 1 aromatic carbocycles. The van der Waals surface area contributed by atoms with Gasteiger partial charge in [0.05, 0.1) is 0 Å². The maximum atomic E-state index is 4.45. The molecule has 0 aromatic heterocycles. The molecule has 0 atom stereocenters. The quantitative estimate of drug-likeness (QED) is 0.777. The zero-order valence-electron chi connectivity index (χ0n) is 12.5. The van der Waals surface area contributed by atoms with Gasteiger partial charge in [-0.15, -0.1) is 0 Å². The van der Waals surface area contributed by atoms with E-state index in [1.54, 1.807) is 0 Å². The fourth-order valence-electron chi connectivity index (χ4n) is 3.76. The first kappa shape index (κ1) is 12.6. The SMILES string of the molecule is CN=C1NC(=NC)c2c3c(c4c(c21)C=CCC4)CCC=C3. The summed E-state index contributed by atoms with van der Waals surface area (Å²) in [6, 6.07) is 0. The van der Waals surface area contributed by atoms with Crippen LogP contribution in [0.3, 0.4) is 0 Å². The third-order valence-electron chi connectivity index (χ3n) is 4.65. The van der Waals surface area contributed by atoms with E-state index in [4.69, 9.17) is 0 Å². The predicted octanol–water partition coefficient (Wildman–Crippen LogP) is 2.96. The Labute approximate surface area is 125 Å². The van der Waals surface area contributed by atoms with Crippen LogP contribution in [0.5, 0.6) is 0 Å². The maximum Gasteiger partial charge on any atom is 0.135 e. The minimum absolute atomic E-state index is 0.954. The molecule has 1 aromatic rings. The average molecular weight is 277 g/mol. The largest absolute Gasteiger partial charge is 0.324 e. The summed E-state index contributed by atoms with van der Waals surface area (Å²) in [4.78, 5) is 8.90. The Morgan fingerprint density at radius 3 is 1.71 bits per heavy atom. The molecular formula is C18H19N3. The molecule has 0 fully saturated rings. The number of rotatable bonds is 0. The lowest BCUT2D eigenvalue weighted by molar-refractivity contribution is 0.904. The van der Waals surface area contributed by atoms with Crippen molar-refractivity contribution in [2.24, 2.45) is 9.98 Å². The Kier molecular flexibility index (Phi) is 2.81. The van der Waals surface area contributed by atoms with E-state index in [1.165, 1.54) is 33.4 Å². The van der Waals surface area contributed by atoms with Crippen LogP contribution in [0.4, 0.5) is 0 Å². The molecule has 1 N–H and O–H groups in total. The number of benzene rings is 1. The van der Waals surface area contributed by atoms with Gasteiger partial charge in [0.25, 0.3) is 0 Å². The van der Waals surface area contributed by atoms with Crippen LogP contribution in [0.1, 0.15) is 46.2 Å². The van der Waals surface area contributed by atoms with Gasteiger partial charge in [0.15, 0.2) is 0 Å². The van der Waals surface area contributed by atoms with Gasteiger partial charge >= 0.3 is 0 Å². The van der Waals surface area contributed by atoms with Crippen molar-refractivity contribution in [3.05, 3.63) is 45.5 Å². The van der Waals surface area contributed by atoms with Crippen molar-refractivity contribution in [1.29, 1.82) is 0 Å². The number of nitrogens with zero attached hydrogens (tertiary/aromatic N) is 2. The van der Waals surface area contributed by atoms with Crippen LogP contribution in [-0.2, 0) is 12.8 Å². The molecule has 106 valence electrons. The van der Waals surface area contributed by atoms with Gasteiger partial charge in [-0.05, 0) is 47.9 Å². The van der Waals surface area contributed by atoms with E-state index in [2.05, 4.69) is 39.6 Å². The highest BCUT2D eigenvalue weighted by molar-refractivity contribution is 6.28. The summed E-state index contributed by atoms with van der Waals surface area (Å²) in [5.41, 5.74) is 8.25. The lowest BCUT2D eigenvalue weighted by Gasteiger charge is -2.24. The predicted molar refractivity (Wildman–Crippen MR) is 89.2 cm³/mol. The molecule has 1 aliphatic heterocycles. The van der Waals surface area contributed by atoms with Crippen LogP contribution < -0.4 is 5.32 Å². The van der Waals surface area contributed by atoms with E-state index < -0.39 is 0 Å². The number of nitrogens with one attached hydrogen (secondary N) is 1. The lowest BCUT2D eigenvalue weighted by atomic mass is 9.80. The van der Waals surface area contributed by atoms with E-state index in [9.17, 15) is 0 Å². The Hall–Kier alpha value is -2.16. The second-order valence-electron chi connectivity index (χ2n) is 5.69. The number of aliphatic imine (C=N–C) groups is 2. The zero-order valence-corrected chi connectivity index (χ0v) is 12.5. The second kappa shape index (κ2) is 4.69. The molecule has 0 radical (unpaired) electrons. The highest BCUT2D eigenvalue weighted by Gasteiger charge is 2.32. The number of fused-ring (bicyclic) bond motifs is 6. The molecule has 0 saturated carbocycles. The van der Waals surface area contributed by atoms with Crippen molar-refractivity contribution < 1.29 is 0 Å². The minimum atomic E-state index is 0.954. The highest BCUT2D eigenvalue weighted by Crippen LogP contribution is 2.38. The Bertz CT molecular complexity index is 685. The van der Waals surface area contributed by atoms with Crippen LogP contribution in [-0.4, -0.2) is 25.8 Å². The normalized spacial score (nSPS) is 22.2. The fraction of sp³-hybridized carbons (Fsp3) is 0.333. The standard InChI is InChI=1S/C18H19N3/c1-19-17-15-13-9-5-3-7-11(13)12-8-4-6-10-14(12)16(15)18(20-2)21-17/h5-6,9-10H,3-4,7-8H2,1-2H3,(H,19,20,21). The Morgan fingerprint density at radius 1 is 0.810 bits per heavy atom. The number of hydrogen-bond acceptors (Lipinski definition) is 2. The molecule has 3 aliphatic rings. The Balaban J connectivity index is 2.15. The summed E-state index contributed by atoms with van der Waals surface area (Å²) in [7, 11) is 3.69. The highest BCUT2D eigenvalue weighted by atomic mass is 15.1. The smallest absolute Gasteiger partial charge is 0.135 e. The molecule has 3 heteroatoms. The number of hydrogen-bond donors (Lipinski definition) is 1. The van der Waals surface area contributed by atoms with Gasteiger partial charge < -0.3 is 5.32 Å². The van der Waals surface area contributed by atoms with Gasteiger partial charge in [0.1, 0.15) is 11.7 Å². The molecule has 0 bridgehead atoms. The van der Waals surface area contributed by atoms with E-state index in [0.717, 1.165) is 37.4 Å². The summed E-state index contributed by atoms with van der Waals surface area (Å²) < 4.78 is 0. The van der Waals surface area contributed by atoms with Gasteiger partial charge in [-0.1, -0.05) is 24.3 Å². The molecule has 2 aliphatic carbocycles. The summed E-state index contributed by atoms with van der Waals surface area (Å²) >= 11 is 0. The average Bonchev–Trinajstić information content (AvgIpc) is 2.94. The molecule has 0 saturated heterocycles. The van der Waals surface area contributed by atoms with Crippen LogP contribution >= 0.6 is 0 Å². The Morgan fingerprint density at radius 2 is 1.29 bits per heavy atom. The molecule has 0 unspecified atom stereocenters. The van der Waals surface area contributed by atoms with Crippen molar-refractivity contribution in [3.63, 3.8) is 0 Å². The number of allylic oxidation sites excluding steroid dienone is 2. The van der Waals surface area contributed by atoms with Gasteiger partial charge in [-0.25, -0.2) is 0 Å². The van der Waals surface area contributed by atoms with Crippen molar-refractivity contribution in [2.75, 3.05) is 14.1 Å². The van der Waals surface area contributed by atoms with E-state index >= 15 is 0 Å². The third-order valence-corrected chi connectivity index (χ3v) is 4.65. The zero-order chi connectivity index (χ0) is 14.4. The van der Waals surface area contributed by atoms with Crippen LogP contribution in [0, 0.1) is 0 Å². The molecular weight excluding hydrogens is 258 g/mol. The molecule has 21 heavy (non-hydrogen) atoms. The monoisotopic (exact) mass is 277 g/mol. The molecule has 1 heterocycles. The second-order valence-corrected chi connectivity index (χ2v) is 5.69. The third kappa shape index (κ3) is 1.67. The van der Waals surface area contributed by atoms with Gasteiger partial charge in [-0.2, -0.15) is 0 Å². The maximum absolute atomic E-state index is 4.45. The molecule has 0 spiro atoms. The first-order valence-electron chi connectivity index (χ1n) is 7.61. The molecule has 4 rings (SSSR count). The first-order chi connectivity index (χ1) is 10.3. The van der Waals surface area contributed by atoms with Crippen LogP contribution in [0.15, 0.2) is 22.1 Å². The minimum Gasteiger partial charge on any atom is -0.324 e. The van der Waals surface area contributed by atoms with Crippen molar-refractivity contribution in [2.45, 2.75) is 25.7 Å². The summed E-state index contributed by atoms with van der Waals surface area (Å²) in [5.74, 6) is 1.91. The van der Waals surface area contributed by atoms with Gasteiger partial charge in [0.2, 0.25) is 0 Å². The molecule has 0 amide bonds. The topological polar surface area (TPSA) is 36.8 Å². The fourth-order valence-corrected chi connectivity index (χ4v) is 3.76. The van der Waals surface area contributed by atoms with Gasteiger partial charge in [0, 0.05) is 25.2 Å². The first-order valence-corrected chi connectivity index (χ1v) is 7.61. The summed E-state index contributed by atoms with van der Waals surface area (Å²) in [6.45, 7) is 0. The molecule has 3 nitrogen and oxygen atoms in total. The van der Waals surface area contributed by atoms with E-state index in [0.29, 0.717) is 0 Å². The van der Waals surface area contributed by atoms with Crippen LogP contribution in [0.25, 0.3) is 12.2 Å².